The summed E-state index contributed by atoms with van der Waals surface area (Å²) < 4.78 is 1.97. The second-order valence-electron chi connectivity index (χ2n) is 7.25. The van der Waals surface area contributed by atoms with Crippen molar-refractivity contribution in [1.82, 2.24) is 24.4 Å². The van der Waals surface area contributed by atoms with Crippen LogP contribution in [0.1, 0.15) is 57.0 Å². The molecule has 0 saturated carbocycles. The lowest BCUT2D eigenvalue weighted by atomic mass is 9.94. The van der Waals surface area contributed by atoms with E-state index in [1.165, 1.54) is 0 Å². The lowest BCUT2D eigenvalue weighted by Crippen LogP contribution is -2.42. The Bertz CT molecular complexity index is 765. The van der Waals surface area contributed by atoms with Crippen molar-refractivity contribution in [3.8, 4) is 11.5 Å². The lowest BCUT2D eigenvalue weighted by molar-refractivity contribution is -0.137. The van der Waals surface area contributed by atoms with Gasteiger partial charge in [0.1, 0.15) is 11.5 Å². The summed E-state index contributed by atoms with van der Waals surface area (Å²) in [7, 11) is 1.97. The first-order valence-electron chi connectivity index (χ1n) is 9.65. The zero-order valence-electron chi connectivity index (χ0n) is 16.3. The fourth-order valence-corrected chi connectivity index (χ4v) is 3.79. The van der Waals surface area contributed by atoms with Gasteiger partial charge in [-0.1, -0.05) is 13.8 Å². The van der Waals surface area contributed by atoms with E-state index >= 15 is 0 Å². The number of piperidine rings is 1. The molecule has 1 fully saturated rings. The van der Waals surface area contributed by atoms with Gasteiger partial charge in [-0.25, -0.2) is 15.0 Å². The van der Waals surface area contributed by atoms with Gasteiger partial charge in [-0.2, -0.15) is 0 Å². The van der Waals surface area contributed by atoms with Crippen molar-refractivity contribution in [2.75, 3.05) is 13.1 Å². The van der Waals surface area contributed by atoms with Gasteiger partial charge in [-0.3, -0.25) is 4.79 Å². The third-order valence-corrected chi connectivity index (χ3v) is 5.35. The zero-order chi connectivity index (χ0) is 18.7. The molecule has 1 aliphatic rings. The molecule has 0 N–H and O–H groups in total. The molecular weight excluding hydrogens is 326 g/mol. The first-order chi connectivity index (χ1) is 12.5. The van der Waals surface area contributed by atoms with E-state index in [1.807, 2.05) is 35.7 Å². The standard InChI is InChI=1S/C20H29N5O/c1-5-15(6-2)20(26)25-10-7-8-16(13-25)18-22-14(3)12-17(23-18)19-21-9-11-24(19)4/h9,11-12,15-16H,5-8,10,13H2,1-4H3/t16-/m0/s1. The highest BCUT2D eigenvalue weighted by molar-refractivity contribution is 5.78. The average molecular weight is 355 g/mol. The Labute approximate surface area is 155 Å². The molecule has 1 amide bonds. The number of nitrogens with zero attached hydrogens (tertiary/aromatic N) is 5. The number of aryl methyl sites for hydroxylation is 2. The summed E-state index contributed by atoms with van der Waals surface area (Å²) in [5.41, 5.74) is 1.79. The number of carbonyl (C=O) groups excluding carboxylic acids is 1. The highest BCUT2D eigenvalue weighted by atomic mass is 16.2. The Morgan fingerprint density at radius 1 is 1.31 bits per heavy atom. The molecule has 1 saturated heterocycles. The summed E-state index contributed by atoms with van der Waals surface area (Å²) in [5, 5.41) is 0. The third-order valence-electron chi connectivity index (χ3n) is 5.35. The molecule has 1 aliphatic heterocycles. The van der Waals surface area contributed by atoms with E-state index in [0.29, 0.717) is 0 Å². The molecule has 0 unspecified atom stereocenters. The quantitative estimate of drug-likeness (QED) is 0.825. The van der Waals surface area contributed by atoms with Crippen LogP contribution in [0.4, 0.5) is 0 Å². The van der Waals surface area contributed by atoms with Crippen molar-refractivity contribution >= 4 is 5.91 Å². The maximum absolute atomic E-state index is 12.8. The van der Waals surface area contributed by atoms with Gasteiger partial charge in [0, 0.05) is 50.1 Å². The van der Waals surface area contributed by atoms with Crippen molar-refractivity contribution in [3.05, 3.63) is 30.0 Å². The summed E-state index contributed by atoms with van der Waals surface area (Å²) in [6.07, 6.45) is 7.54. The molecule has 3 rings (SSSR count). The zero-order valence-corrected chi connectivity index (χ0v) is 16.3. The number of amides is 1. The van der Waals surface area contributed by atoms with Crippen LogP contribution in [0.5, 0.6) is 0 Å². The highest BCUT2D eigenvalue weighted by Crippen LogP contribution is 2.28. The largest absolute Gasteiger partial charge is 0.342 e. The van der Waals surface area contributed by atoms with Gasteiger partial charge in [0.2, 0.25) is 5.91 Å². The molecule has 1 atom stereocenters. The van der Waals surface area contributed by atoms with Crippen LogP contribution in [0, 0.1) is 12.8 Å². The van der Waals surface area contributed by atoms with E-state index in [4.69, 9.17) is 4.98 Å². The van der Waals surface area contributed by atoms with Gasteiger partial charge in [0.25, 0.3) is 0 Å². The molecule has 0 aromatic carbocycles. The van der Waals surface area contributed by atoms with Gasteiger partial charge in [-0.15, -0.1) is 0 Å². The van der Waals surface area contributed by atoms with E-state index in [0.717, 1.165) is 61.8 Å². The number of likely N-dealkylation sites (tertiary alicyclic amines) is 1. The summed E-state index contributed by atoms with van der Waals surface area (Å²) in [5.74, 6) is 2.30. The minimum Gasteiger partial charge on any atom is -0.342 e. The first kappa shape index (κ1) is 18.5. The van der Waals surface area contributed by atoms with Crippen LogP contribution < -0.4 is 0 Å². The molecule has 0 radical (unpaired) electrons. The number of imidazole rings is 1. The Balaban J connectivity index is 1.83. The number of hydrogen-bond acceptors (Lipinski definition) is 4. The summed E-state index contributed by atoms with van der Waals surface area (Å²) >= 11 is 0. The monoisotopic (exact) mass is 355 g/mol. The van der Waals surface area contributed by atoms with Crippen molar-refractivity contribution in [1.29, 1.82) is 0 Å². The summed E-state index contributed by atoms with van der Waals surface area (Å²) in [6.45, 7) is 7.75. The van der Waals surface area contributed by atoms with Gasteiger partial charge in [-0.05, 0) is 38.7 Å². The van der Waals surface area contributed by atoms with Crippen LogP contribution in [0.3, 0.4) is 0 Å². The Morgan fingerprint density at radius 2 is 2.08 bits per heavy atom. The van der Waals surface area contributed by atoms with Crippen molar-refractivity contribution in [3.63, 3.8) is 0 Å². The molecule has 0 spiro atoms. The molecule has 26 heavy (non-hydrogen) atoms. The second-order valence-corrected chi connectivity index (χ2v) is 7.25. The van der Waals surface area contributed by atoms with E-state index in [9.17, 15) is 4.79 Å². The fourth-order valence-electron chi connectivity index (χ4n) is 3.79. The van der Waals surface area contributed by atoms with Gasteiger partial charge in [0.15, 0.2) is 5.82 Å². The predicted octanol–water partition coefficient (Wildman–Crippen LogP) is 3.33. The topological polar surface area (TPSA) is 63.9 Å². The molecule has 140 valence electrons. The molecule has 6 nitrogen and oxygen atoms in total. The molecule has 3 heterocycles. The van der Waals surface area contributed by atoms with E-state index in [1.54, 1.807) is 6.20 Å². The van der Waals surface area contributed by atoms with E-state index in [-0.39, 0.29) is 17.7 Å². The number of aromatic nitrogens is 4. The van der Waals surface area contributed by atoms with E-state index < -0.39 is 0 Å². The summed E-state index contributed by atoms with van der Waals surface area (Å²) in [6, 6.07) is 1.97. The van der Waals surface area contributed by atoms with Crippen LogP contribution in [-0.2, 0) is 11.8 Å². The maximum atomic E-state index is 12.8. The first-order valence-corrected chi connectivity index (χ1v) is 9.65. The molecular formula is C20H29N5O. The SMILES string of the molecule is CCC(CC)C(=O)N1CCC[C@H](c2nc(C)cc(-c3nccn3C)n2)C1. The molecule has 2 aromatic rings. The maximum Gasteiger partial charge on any atom is 0.225 e. The summed E-state index contributed by atoms with van der Waals surface area (Å²) in [4.78, 5) is 28.7. The number of hydrogen-bond donors (Lipinski definition) is 0. The van der Waals surface area contributed by atoms with Gasteiger partial charge in [0.05, 0.1) is 0 Å². The van der Waals surface area contributed by atoms with Crippen LogP contribution >= 0.6 is 0 Å². The van der Waals surface area contributed by atoms with Crippen LogP contribution in [0.25, 0.3) is 11.5 Å². The van der Waals surface area contributed by atoms with Crippen molar-refractivity contribution in [2.45, 2.75) is 52.4 Å². The minimum atomic E-state index is 0.135. The Hall–Kier alpha value is -2.24. The predicted molar refractivity (Wildman–Crippen MR) is 102 cm³/mol. The number of carbonyl (C=O) groups is 1. The van der Waals surface area contributed by atoms with E-state index in [2.05, 4.69) is 23.8 Å². The van der Waals surface area contributed by atoms with Crippen molar-refractivity contribution < 1.29 is 4.79 Å². The van der Waals surface area contributed by atoms with Crippen molar-refractivity contribution in [2.24, 2.45) is 13.0 Å². The van der Waals surface area contributed by atoms with Crippen LogP contribution in [-0.4, -0.2) is 43.4 Å². The molecule has 0 bridgehead atoms. The lowest BCUT2D eigenvalue weighted by Gasteiger charge is -2.34. The smallest absolute Gasteiger partial charge is 0.225 e. The van der Waals surface area contributed by atoms with Crippen LogP contribution in [0.15, 0.2) is 18.5 Å². The average Bonchev–Trinajstić information content (AvgIpc) is 3.08. The molecule has 2 aromatic heterocycles. The fraction of sp³-hybridized carbons (Fsp3) is 0.600. The normalized spacial score (nSPS) is 17.7. The van der Waals surface area contributed by atoms with Gasteiger partial charge < -0.3 is 9.47 Å². The number of rotatable bonds is 5. The Morgan fingerprint density at radius 3 is 2.73 bits per heavy atom. The van der Waals surface area contributed by atoms with Crippen LogP contribution in [0.2, 0.25) is 0 Å². The Kier molecular flexibility index (Phi) is 5.69. The van der Waals surface area contributed by atoms with Gasteiger partial charge >= 0.3 is 0 Å². The second kappa shape index (κ2) is 7.98. The minimum absolute atomic E-state index is 0.135. The molecule has 0 aliphatic carbocycles. The molecule has 6 heteroatoms. The third kappa shape index (κ3) is 3.79. The highest BCUT2D eigenvalue weighted by Gasteiger charge is 2.29.